The molecular formula is C23H19F3N4O2. The number of halogens is 3. The Labute approximate surface area is 180 Å². The Balaban J connectivity index is 1.58. The van der Waals surface area contributed by atoms with Crippen LogP contribution in [0.2, 0.25) is 0 Å². The quantitative estimate of drug-likeness (QED) is 0.514. The van der Waals surface area contributed by atoms with Gasteiger partial charge in [-0.2, -0.15) is 18.3 Å². The maximum atomic E-state index is 13.0. The summed E-state index contributed by atoms with van der Waals surface area (Å²) >= 11 is 0. The first-order chi connectivity index (χ1) is 15.2. The molecule has 0 aliphatic rings. The minimum Gasteiger partial charge on any atom is -0.343 e. The van der Waals surface area contributed by atoms with Gasteiger partial charge in [0, 0.05) is 36.0 Å². The molecular weight excluding hydrogens is 421 g/mol. The number of aromatic nitrogens is 3. The first kappa shape index (κ1) is 21.4. The normalized spacial score (nSPS) is 11.6. The van der Waals surface area contributed by atoms with Gasteiger partial charge in [0.25, 0.3) is 11.5 Å². The Kier molecular flexibility index (Phi) is 5.56. The Bertz CT molecular complexity index is 1360. The van der Waals surface area contributed by atoms with Crippen molar-refractivity contribution in [1.82, 2.24) is 19.7 Å². The molecule has 2 aromatic carbocycles. The summed E-state index contributed by atoms with van der Waals surface area (Å²) in [6.45, 7) is -1.22. The number of amides is 1. The predicted octanol–water partition coefficient (Wildman–Crippen LogP) is 3.74. The van der Waals surface area contributed by atoms with E-state index in [1.807, 2.05) is 36.6 Å². The van der Waals surface area contributed by atoms with E-state index in [0.717, 1.165) is 16.6 Å². The second kappa shape index (κ2) is 8.33. The maximum Gasteiger partial charge on any atom is 0.405 e. The monoisotopic (exact) mass is 440 g/mol. The number of carbonyl (C=O) groups excluding carboxylic acids is 1. The maximum absolute atomic E-state index is 13.0. The molecule has 4 rings (SSSR count). The van der Waals surface area contributed by atoms with Crippen molar-refractivity contribution >= 4 is 16.7 Å². The Hall–Kier alpha value is -3.88. The molecule has 164 valence electrons. The minimum atomic E-state index is -4.48. The first-order valence-corrected chi connectivity index (χ1v) is 9.77. The Morgan fingerprint density at radius 3 is 2.62 bits per heavy atom. The van der Waals surface area contributed by atoms with Crippen LogP contribution in [0.3, 0.4) is 0 Å². The number of nitrogens with zero attached hydrogens (tertiary/aromatic N) is 3. The average Bonchev–Trinajstić information content (AvgIpc) is 3.19. The van der Waals surface area contributed by atoms with Crippen molar-refractivity contribution < 1.29 is 18.0 Å². The number of benzene rings is 2. The van der Waals surface area contributed by atoms with Crippen molar-refractivity contribution in [3.05, 3.63) is 88.5 Å². The van der Waals surface area contributed by atoms with E-state index in [9.17, 15) is 22.8 Å². The molecule has 4 aromatic rings. The molecule has 0 radical (unpaired) electrons. The van der Waals surface area contributed by atoms with Crippen LogP contribution in [0.5, 0.6) is 0 Å². The van der Waals surface area contributed by atoms with Gasteiger partial charge in [-0.15, -0.1) is 0 Å². The number of aryl methyl sites for hydroxylation is 1. The number of fused-ring (bicyclic) bond motifs is 1. The second-order valence-electron chi connectivity index (χ2n) is 7.39. The van der Waals surface area contributed by atoms with Crippen LogP contribution in [0.25, 0.3) is 22.0 Å². The van der Waals surface area contributed by atoms with Gasteiger partial charge in [0.2, 0.25) is 0 Å². The number of nitrogens with one attached hydrogen (secondary N) is 1. The topological polar surface area (TPSA) is 68.9 Å². The smallest absolute Gasteiger partial charge is 0.343 e. The van der Waals surface area contributed by atoms with Crippen LogP contribution in [0, 0.1) is 0 Å². The summed E-state index contributed by atoms with van der Waals surface area (Å²) in [6.07, 6.45) is -1.12. The third-order valence-electron chi connectivity index (χ3n) is 5.09. The lowest BCUT2D eigenvalue weighted by atomic mass is 10.1. The lowest BCUT2D eigenvalue weighted by molar-refractivity contribution is -0.123. The van der Waals surface area contributed by atoms with Crippen LogP contribution in [-0.4, -0.2) is 33.0 Å². The van der Waals surface area contributed by atoms with E-state index in [4.69, 9.17) is 0 Å². The summed E-state index contributed by atoms with van der Waals surface area (Å²) in [5.74, 6) is -0.822. The molecule has 9 heteroatoms. The van der Waals surface area contributed by atoms with E-state index in [0.29, 0.717) is 10.9 Å². The first-order valence-electron chi connectivity index (χ1n) is 9.77. The molecule has 0 saturated heterocycles. The Morgan fingerprint density at radius 1 is 1.09 bits per heavy atom. The van der Waals surface area contributed by atoms with Gasteiger partial charge < -0.3 is 9.88 Å². The molecule has 32 heavy (non-hydrogen) atoms. The summed E-state index contributed by atoms with van der Waals surface area (Å²) in [6, 6.07) is 15.5. The van der Waals surface area contributed by atoms with Crippen LogP contribution in [0.15, 0.2) is 71.8 Å². The SMILES string of the molecule is Cn1nccc1-c1ccc2c(=O)n(Cc3cccc(C(=O)NCC(F)(F)F)c3)ccc2c1. The largest absolute Gasteiger partial charge is 0.405 e. The molecule has 0 atom stereocenters. The van der Waals surface area contributed by atoms with Crippen molar-refractivity contribution in [2.45, 2.75) is 12.7 Å². The standard InChI is InChI=1S/C23H19F3N4O2/c1-29-20(7-9-28-29)17-5-6-19-16(12-17)8-10-30(22(19)32)13-15-3-2-4-18(11-15)21(31)27-14-23(24,25)26/h2-12H,13-14H2,1H3,(H,27,31). The van der Waals surface area contributed by atoms with Crippen molar-refractivity contribution in [3.63, 3.8) is 0 Å². The van der Waals surface area contributed by atoms with Gasteiger partial charge in [0.15, 0.2) is 0 Å². The highest BCUT2D eigenvalue weighted by Crippen LogP contribution is 2.22. The second-order valence-corrected chi connectivity index (χ2v) is 7.39. The van der Waals surface area contributed by atoms with E-state index in [1.54, 1.807) is 35.3 Å². The van der Waals surface area contributed by atoms with E-state index >= 15 is 0 Å². The number of hydrogen-bond acceptors (Lipinski definition) is 3. The summed E-state index contributed by atoms with van der Waals surface area (Å²) < 4.78 is 40.3. The zero-order valence-corrected chi connectivity index (χ0v) is 17.1. The molecule has 0 aliphatic heterocycles. The third kappa shape index (κ3) is 4.56. The predicted molar refractivity (Wildman–Crippen MR) is 114 cm³/mol. The molecule has 0 bridgehead atoms. The number of carbonyl (C=O) groups is 1. The summed E-state index contributed by atoms with van der Waals surface area (Å²) in [4.78, 5) is 25.0. The number of hydrogen-bond donors (Lipinski definition) is 1. The van der Waals surface area contributed by atoms with Crippen molar-refractivity contribution in [2.75, 3.05) is 6.54 Å². The van der Waals surface area contributed by atoms with Crippen LogP contribution in [0.4, 0.5) is 13.2 Å². The van der Waals surface area contributed by atoms with Gasteiger partial charge >= 0.3 is 6.18 Å². The number of pyridine rings is 1. The van der Waals surface area contributed by atoms with Crippen molar-refractivity contribution in [3.8, 4) is 11.3 Å². The van der Waals surface area contributed by atoms with Crippen molar-refractivity contribution in [2.24, 2.45) is 7.05 Å². The fourth-order valence-electron chi connectivity index (χ4n) is 3.52. The molecule has 0 spiro atoms. The fourth-order valence-corrected chi connectivity index (χ4v) is 3.52. The van der Waals surface area contributed by atoms with E-state index in [-0.39, 0.29) is 17.7 Å². The van der Waals surface area contributed by atoms with Gasteiger partial charge in [0.1, 0.15) is 6.54 Å². The van der Waals surface area contributed by atoms with Gasteiger partial charge in [-0.05, 0) is 47.3 Å². The zero-order chi connectivity index (χ0) is 22.9. The number of alkyl halides is 3. The highest BCUT2D eigenvalue weighted by Gasteiger charge is 2.27. The Morgan fingerprint density at radius 2 is 1.91 bits per heavy atom. The lowest BCUT2D eigenvalue weighted by Crippen LogP contribution is -2.33. The number of rotatable bonds is 5. The molecule has 0 aliphatic carbocycles. The molecule has 0 saturated carbocycles. The molecule has 0 fully saturated rings. The fraction of sp³-hybridized carbons (Fsp3) is 0.174. The highest BCUT2D eigenvalue weighted by atomic mass is 19.4. The van der Waals surface area contributed by atoms with Crippen LogP contribution in [0.1, 0.15) is 15.9 Å². The van der Waals surface area contributed by atoms with Gasteiger partial charge in [-0.25, -0.2) is 0 Å². The molecule has 2 aromatic heterocycles. The van der Waals surface area contributed by atoms with E-state index in [2.05, 4.69) is 5.10 Å². The molecule has 0 unspecified atom stereocenters. The van der Waals surface area contributed by atoms with E-state index in [1.165, 1.54) is 16.7 Å². The average molecular weight is 440 g/mol. The molecule has 6 nitrogen and oxygen atoms in total. The molecule has 1 N–H and O–H groups in total. The summed E-state index contributed by atoms with van der Waals surface area (Å²) in [5.41, 5.74) is 2.38. The van der Waals surface area contributed by atoms with E-state index < -0.39 is 18.6 Å². The van der Waals surface area contributed by atoms with Crippen LogP contribution in [-0.2, 0) is 13.6 Å². The lowest BCUT2D eigenvalue weighted by Gasteiger charge is -2.11. The highest BCUT2D eigenvalue weighted by molar-refractivity contribution is 5.94. The third-order valence-corrected chi connectivity index (χ3v) is 5.09. The van der Waals surface area contributed by atoms with Gasteiger partial charge in [-0.3, -0.25) is 14.3 Å². The van der Waals surface area contributed by atoms with Crippen LogP contribution < -0.4 is 10.9 Å². The van der Waals surface area contributed by atoms with Crippen molar-refractivity contribution in [1.29, 1.82) is 0 Å². The molecule has 1 amide bonds. The van der Waals surface area contributed by atoms with Gasteiger partial charge in [-0.1, -0.05) is 18.2 Å². The van der Waals surface area contributed by atoms with Crippen LogP contribution >= 0.6 is 0 Å². The van der Waals surface area contributed by atoms with Gasteiger partial charge in [0.05, 0.1) is 12.2 Å². The minimum absolute atomic E-state index is 0.0985. The molecule has 2 heterocycles. The summed E-state index contributed by atoms with van der Waals surface area (Å²) in [7, 11) is 1.84. The zero-order valence-electron chi connectivity index (χ0n) is 17.1. The summed E-state index contributed by atoms with van der Waals surface area (Å²) in [5, 5.41) is 7.33.